The number of nitrogens with one attached hydrogen (secondary N) is 2. The summed E-state index contributed by atoms with van der Waals surface area (Å²) in [6.07, 6.45) is 13.9. The standard InChI is InChI=1S/C24H32N6/c1-5-8-17(9-6-2)20-15-27-30-11-10-18(12-22(20)30)19-13-25-23-21(19)14-26-24(29-23)28-16(4)7-3/h10-17H,5-9H2,1-4H3,(H2,25,26,28,29). The number of nitrogens with zero attached hydrogens (tertiary/aromatic N) is 4. The average Bonchev–Trinajstić information content (AvgIpc) is 3.36. The van der Waals surface area contributed by atoms with Crippen molar-refractivity contribution < 1.29 is 0 Å². The summed E-state index contributed by atoms with van der Waals surface area (Å²) in [6, 6.07) is 4.72. The molecule has 4 heterocycles. The Bertz CT molecular complexity index is 1120. The molecular formula is C24H32N6. The maximum Gasteiger partial charge on any atom is 0.224 e. The third-order valence-electron chi connectivity index (χ3n) is 6.00. The Morgan fingerprint density at radius 2 is 1.93 bits per heavy atom. The molecule has 0 amide bonds. The summed E-state index contributed by atoms with van der Waals surface area (Å²) in [5, 5.41) is 8.99. The van der Waals surface area contributed by atoms with Crippen molar-refractivity contribution in [1.82, 2.24) is 24.6 Å². The lowest BCUT2D eigenvalue weighted by Gasteiger charge is -2.14. The number of rotatable bonds is 9. The van der Waals surface area contributed by atoms with Crippen LogP contribution in [0.3, 0.4) is 0 Å². The van der Waals surface area contributed by atoms with Gasteiger partial charge >= 0.3 is 0 Å². The number of hydrogen-bond donors (Lipinski definition) is 2. The minimum absolute atomic E-state index is 0.346. The van der Waals surface area contributed by atoms with Crippen LogP contribution in [0.5, 0.6) is 0 Å². The number of H-pyrrole nitrogens is 1. The minimum atomic E-state index is 0.346. The van der Waals surface area contributed by atoms with Gasteiger partial charge in [0.25, 0.3) is 0 Å². The van der Waals surface area contributed by atoms with Crippen LogP contribution in [0.25, 0.3) is 27.7 Å². The highest BCUT2D eigenvalue weighted by atomic mass is 15.2. The van der Waals surface area contributed by atoms with Crippen LogP contribution < -0.4 is 5.32 Å². The molecule has 6 nitrogen and oxygen atoms in total. The molecule has 4 aromatic heterocycles. The molecule has 1 atom stereocenters. The summed E-state index contributed by atoms with van der Waals surface area (Å²) in [7, 11) is 0. The lowest BCUT2D eigenvalue weighted by molar-refractivity contribution is 0.564. The third kappa shape index (κ3) is 3.91. The molecule has 0 fully saturated rings. The van der Waals surface area contributed by atoms with Gasteiger partial charge in [0.15, 0.2) is 0 Å². The van der Waals surface area contributed by atoms with Crippen molar-refractivity contribution in [2.45, 2.75) is 71.8 Å². The van der Waals surface area contributed by atoms with Crippen molar-refractivity contribution in [2.75, 3.05) is 5.32 Å². The number of aromatic amines is 1. The fourth-order valence-electron chi connectivity index (χ4n) is 4.17. The van der Waals surface area contributed by atoms with E-state index in [1.54, 1.807) is 0 Å². The first-order valence-corrected chi connectivity index (χ1v) is 11.2. The van der Waals surface area contributed by atoms with Gasteiger partial charge in [-0.05, 0) is 49.8 Å². The summed E-state index contributed by atoms with van der Waals surface area (Å²) in [5.74, 6) is 1.23. The Kier molecular flexibility index (Phi) is 6.02. The van der Waals surface area contributed by atoms with Crippen molar-refractivity contribution in [3.05, 3.63) is 42.5 Å². The molecule has 0 saturated carbocycles. The predicted octanol–water partition coefficient (Wildman–Crippen LogP) is 6.17. The number of hydrogen-bond acceptors (Lipinski definition) is 4. The molecule has 0 aliphatic carbocycles. The second-order valence-corrected chi connectivity index (χ2v) is 8.23. The van der Waals surface area contributed by atoms with Crippen LogP contribution in [0, 0.1) is 0 Å². The summed E-state index contributed by atoms with van der Waals surface area (Å²) in [5.41, 5.74) is 5.70. The van der Waals surface area contributed by atoms with Crippen LogP contribution in [0.15, 0.2) is 36.9 Å². The zero-order chi connectivity index (χ0) is 21.1. The maximum atomic E-state index is 4.66. The van der Waals surface area contributed by atoms with Gasteiger partial charge in [-0.1, -0.05) is 33.6 Å². The van der Waals surface area contributed by atoms with Gasteiger partial charge in [-0.15, -0.1) is 0 Å². The molecule has 0 bridgehead atoms. The van der Waals surface area contributed by atoms with E-state index in [4.69, 9.17) is 0 Å². The smallest absolute Gasteiger partial charge is 0.224 e. The van der Waals surface area contributed by atoms with E-state index in [0.29, 0.717) is 17.9 Å². The van der Waals surface area contributed by atoms with Crippen molar-refractivity contribution in [1.29, 1.82) is 0 Å². The molecule has 0 aliphatic heterocycles. The molecule has 0 radical (unpaired) electrons. The van der Waals surface area contributed by atoms with Gasteiger partial charge in [-0.3, -0.25) is 0 Å². The summed E-state index contributed by atoms with van der Waals surface area (Å²) < 4.78 is 2.00. The minimum Gasteiger partial charge on any atom is -0.352 e. The van der Waals surface area contributed by atoms with Gasteiger partial charge in [0.05, 0.1) is 11.7 Å². The molecule has 6 heteroatoms. The van der Waals surface area contributed by atoms with Gasteiger partial charge in [-0.25, -0.2) is 9.50 Å². The summed E-state index contributed by atoms with van der Waals surface area (Å²) >= 11 is 0. The first-order chi connectivity index (χ1) is 14.6. The number of fused-ring (bicyclic) bond motifs is 2. The quantitative estimate of drug-likeness (QED) is 0.350. The molecular weight excluding hydrogens is 372 g/mol. The summed E-state index contributed by atoms with van der Waals surface area (Å²) in [4.78, 5) is 12.5. The van der Waals surface area contributed by atoms with Gasteiger partial charge < -0.3 is 10.3 Å². The number of pyridine rings is 1. The lowest BCUT2D eigenvalue weighted by atomic mass is 9.91. The molecule has 0 spiro atoms. The third-order valence-corrected chi connectivity index (χ3v) is 6.00. The normalized spacial score (nSPS) is 12.8. The highest BCUT2D eigenvalue weighted by molar-refractivity contribution is 5.94. The Morgan fingerprint density at radius 1 is 1.13 bits per heavy atom. The van der Waals surface area contributed by atoms with Crippen LogP contribution in [-0.4, -0.2) is 30.6 Å². The fourth-order valence-corrected chi connectivity index (χ4v) is 4.17. The SMILES string of the molecule is CCCC(CCC)c1cnn2ccc(-c3c[nH]c4nc(NC(C)CC)ncc34)cc12. The van der Waals surface area contributed by atoms with E-state index < -0.39 is 0 Å². The van der Waals surface area contributed by atoms with E-state index >= 15 is 0 Å². The Balaban J connectivity index is 1.72. The Labute approximate surface area is 178 Å². The van der Waals surface area contributed by atoms with Crippen molar-refractivity contribution in [3.8, 4) is 11.1 Å². The highest BCUT2D eigenvalue weighted by Crippen LogP contribution is 2.33. The molecule has 2 N–H and O–H groups in total. The molecule has 0 aliphatic rings. The van der Waals surface area contributed by atoms with E-state index in [9.17, 15) is 0 Å². The van der Waals surface area contributed by atoms with Gasteiger partial charge in [0.1, 0.15) is 5.65 Å². The van der Waals surface area contributed by atoms with Gasteiger partial charge in [-0.2, -0.15) is 10.1 Å². The van der Waals surface area contributed by atoms with Gasteiger partial charge in [0, 0.05) is 41.1 Å². The highest BCUT2D eigenvalue weighted by Gasteiger charge is 2.17. The van der Waals surface area contributed by atoms with Crippen LogP contribution in [0.4, 0.5) is 5.95 Å². The monoisotopic (exact) mass is 404 g/mol. The van der Waals surface area contributed by atoms with E-state index in [0.717, 1.165) is 28.6 Å². The van der Waals surface area contributed by atoms with E-state index in [2.05, 4.69) is 77.6 Å². The van der Waals surface area contributed by atoms with E-state index in [-0.39, 0.29) is 0 Å². The molecule has 0 saturated heterocycles. The van der Waals surface area contributed by atoms with Crippen molar-refractivity contribution in [2.24, 2.45) is 0 Å². The second-order valence-electron chi connectivity index (χ2n) is 8.23. The van der Waals surface area contributed by atoms with Crippen LogP contribution >= 0.6 is 0 Å². The largest absolute Gasteiger partial charge is 0.352 e. The maximum absolute atomic E-state index is 4.66. The van der Waals surface area contributed by atoms with Crippen molar-refractivity contribution in [3.63, 3.8) is 0 Å². The zero-order valence-corrected chi connectivity index (χ0v) is 18.4. The van der Waals surface area contributed by atoms with Gasteiger partial charge in [0.2, 0.25) is 5.95 Å². The van der Waals surface area contributed by atoms with Crippen molar-refractivity contribution >= 4 is 22.5 Å². The van der Waals surface area contributed by atoms with Crippen LogP contribution in [0.2, 0.25) is 0 Å². The first kappa shape index (κ1) is 20.4. The molecule has 30 heavy (non-hydrogen) atoms. The van der Waals surface area contributed by atoms with Crippen LogP contribution in [0.1, 0.15) is 71.3 Å². The fraction of sp³-hybridized carbons (Fsp3) is 0.458. The van der Waals surface area contributed by atoms with E-state index in [1.165, 1.54) is 36.8 Å². The number of anilines is 1. The lowest BCUT2D eigenvalue weighted by Crippen LogP contribution is -2.15. The molecule has 0 aromatic carbocycles. The number of aromatic nitrogens is 5. The molecule has 4 aromatic rings. The Hall–Kier alpha value is -2.89. The summed E-state index contributed by atoms with van der Waals surface area (Å²) in [6.45, 7) is 8.80. The first-order valence-electron chi connectivity index (χ1n) is 11.2. The predicted molar refractivity (Wildman–Crippen MR) is 124 cm³/mol. The molecule has 4 rings (SSSR count). The topological polar surface area (TPSA) is 70.9 Å². The Morgan fingerprint density at radius 3 is 2.67 bits per heavy atom. The van der Waals surface area contributed by atoms with Crippen LogP contribution in [-0.2, 0) is 0 Å². The molecule has 1 unspecified atom stereocenters. The second kappa shape index (κ2) is 8.86. The molecule has 158 valence electrons. The zero-order valence-electron chi connectivity index (χ0n) is 18.4. The average molecular weight is 405 g/mol. The van der Waals surface area contributed by atoms with E-state index in [1.807, 2.05) is 16.9 Å².